The summed E-state index contributed by atoms with van der Waals surface area (Å²) in [6.07, 6.45) is 20.8. The van der Waals surface area contributed by atoms with Crippen LogP contribution in [-0.2, 0) is 0 Å². The van der Waals surface area contributed by atoms with Crippen molar-refractivity contribution in [2.24, 2.45) is 17.3 Å². The zero-order chi connectivity index (χ0) is 14.5. The molecule has 3 aliphatic carbocycles. The summed E-state index contributed by atoms with van der Waals surface area (Å²) < 4.78 is 0. The minimum absolute atomic E-state index is 0.604. The Balaban J connectivity index is 1.53. The molecule has 0 saturated heterocycles. The summed E-state index contributed by atoms with van der Waals surface area (Å²) in [5, 5.41) is 4.08. The third kappa shape index (κ3) is 4.24. The molecule has 21 heavy (non-hydrogen) atoms. The van der Waals surface area contributed by atoms with E-state index in [-0.39, 0.29) is 0 Å². The molecule has 0 aliphatic heterocycles. The van der Waals surface area contributed by atoms with Gasteiger partial charge in [0.1, 0.15) is 0 Å². The van der Waals surface area contributed by atoms with Crippen molar-refractivity contribution in [1.82, 2.24) is 5.32 Å². The van der Waals surface area contributed by atoms with Crippen molar-refractivity contribution in [3.05, 3.63) is 0 Å². The normalized spacial score (nSPS) is 34.7. The maximum Gasteiger partial charge on any atom is 0.00982 e. The third-order valence-electron chi connectivity index (χ3n) is 6.93. The molecule has 0 aromatic rings. The highest BCUT2D eigenvalue weighted by Crippen LogP contribution is 2.40. The minimum Gasteiger partial charge on any atom is -0.313 e. The Kier molecular flexibility index (Phi) is 5.65. The van der Waals surface area contributed by atoms with Crippen molar-refractivity contribution in [2.75, 3.05) is 6.54 Å². The molecule has 1 nitrogen and oxygen atoms in total. The van der Waals surface area contributed by atoms with E-state index >= 15 is 0 Å². The second-order valence-electron chi connectivity index (χ2n) is 8.71. The fourth-order valence-corrected chi connectivity index (χ4v) is 5.50. The minimum atomic E-state index is 0.604. The Morgan fingerprint density at radius 1 is 0.762 bits per heavy atom. The van der Waals surface area contributed by atoms with Crippen LogP contribution in [0.1, 0.15) is 96.8 Å². The first-order valence-corrected chi connectivity index (χ1v) is 10.0. The highest BCUT2D eigenvalue weighted by atomic mass is 14.9. The summed E-state index contributed by atoms with van der Waals surface area (Å²) in [5.41, 5.74) is 0.604. The summed E-state index contributed by atoms with van der Waals surface area (Å²) in [5.74, 6) is 2.06. The van der Waals surface area contributed by atoms with Gasteiger partial charge in [0.05, 0.1) is 0 Å². The molecule has 2 atom stereocenters. The van der Waals surface area contributed by atoms with Gasteiger partial charge < -0.3 is 5.32 Å². The first kappa shape index (κ1) is 15.8. The summed E-state index contributed by atoms with van der Waals surface area (Å²) in [6.45, 7) is 3.83. The molecule has 0 amide bonds. The number of nitrogens with one attached hydrogen (secondary N) is 1. The summed E-state index contributed by atoms with van der Waals surface area (Å²) in [7, 11) is 0. The first-order chi connectivity index (χ1) is 10.3. The largest absolute Gasteiger partial charge is 0.313 e. The Hall–Kier alpha value is -0.0400. The second-order valence-corrected chi connectivity index (χ2v) is 8.71. The average molecular weight is 292 g/mol. The van der Waals surface area contributed by atoms with E-state index in [9.17, 15) is 0 Å². The van der Waals surface area contributed by atoms with Crippen molar-refractivity contribution in [3.63, 3.8) is 0 Å². The van der Waals surface area contributed by atoms with E-state index < -0.39 is 0 Å². The lowest BCUT2D eigenvalue weighted by atomic mass is 9.70. The molecule has 1 N–H and O–H groups in total. The van der Waals surface area contributed by atoms with Crippen LogP contribution in [-0.4, -0.2) is 12.6 Å². The number of hydrogen-bond donors (Lipinski definition) is 1. The van der Waals surface area contributed by atoms with Gasteiger partial charge in [-0.3, -0.25) is 0 Å². The average Bonchev–Trinajstić information content (AvgIpc) is 2.55. The van der Waals surface area contributed by atoms with Gasteiger partial charge >= 0.3 is 0 Å². The highest BCUT2D eigenvalue weighted by Gasteiger charge is 2.34. The Morgan fingerprint density at radius 2 is 1.38 bits per heavy atom. The first-order valence-electron chi connectivity index (χ1n) is 10.0. The maximum absolute atomic E-state index is 4.08. The lowest BCUT2D eigenvalue weighted by Gasteiger charge is -2.42. The monoisotopic (exact) mass is 291 g/mol. The van der Waals surface area contributed by atoms with Crippen molar-refractivity contribution in [2.45, 2.75) is 103 Å². The van der Waals surface area contributed by atoms with E-state index in [0.29, 0.717) is 5.41 Å². The molecule has 3 fully saturated rings. The van der Waals surface area contributed by atoms with Crippen LogP contribution in [0.5, 0.6) is 0 Å². The smallest absolute Gasteiger partial charge is 0.00982 e. The molecule has 0 radical (unpaired) electrons. The molecule has 122 valence electrons. The lowest BCUT2D eigenvalue weighted by molar-refractivity contribution is 0.127. The molecule has 3 rings (SSSR count). The molecule has 3 aliphatic rings. The zero-order valence-corrected chi connectivity index (χ0v) is 14.3. The van der Waals surface area contributed by atoms with Crippen molar-refractivity contribution >= 4 is 0 Å². The van der Waals surface area contributed by atoms with Gasteiger partial charge in [0.2, 0.25) is 0 Å². The van der Waals surface area contributed by atoms with Crippen LogP contribution >= 0.6 is 0 Å². The van der Waals surface area contributed by atoms with Gasteiger partial charge in [0.15, 0.2) is 0 Å². The summed E-state index contributed by atoms with van der Waals surface area (Å²) in [6, 6.07) is 0.848. The van der Waals surface area contributed by atoms with Gasteiger partial charge in [-0.1, -0.05) is 71.1 Å². The van der Waals surface area contributed by atoms with E-state index in [0.717, 1.165) is 17.9 Å². The molecule has 0 spiro atoms. The van der Waals surface area contributed by atoms with E-state index in [1.165, 1.54) is 96.4 Å². The molecular weight excluding hydrogens is 254 g/mol. The third-order valence-corrected chi connectivity index (χ3v) is 6.93. The molecule has 2 unspecified atom stereocenters. The summed E-state index contributed by atoms with van der Waals surface area (Å²) >= 11 is 0. The van der Waals surface area contributed by atoms with Gasteiger partial charge in [-0.15, -0.1) is 0 Å². The fraction of sp³-hybridized carbons (Fsp3) is 1.00. The van der Waals surface area contributed by atoms with Gasteiger partial charge in [-0.25, -0.2) is 0 Å². The number of rotatable bonds is 4. The van der Waals surface area contributed by atoms with E-state index in [2.05, 4.69) is 12.2 Å². The SMILES string of the molecule is CC1(CNC2CCCCC2C2CCCCC2)CCCCC1. The predicted octanol–water partition coefficient (Wildman–Crippen LogP) is 5.69. The quantitative estimate of drug-likeness (QED) is 0.702. The highest BCUT2D eigenvalue weighted by molar-refractivity contribution is 4.89. The second kappa shape index (κ2) is 7.49. The Morgan fingerprint density at radius 3 is 2.14 bits per heavy atom. The predicted molar refractivity (Wildman–Crippen MR) is 91.5 cm³/mol. The maximum atomic E-state index is 4.08. The Bertz CT molecular complexity index is 299. The topological polar surface area (TPSA) is 12.0 Å². The van der Waals surface area contributed by atoms with Crippen LogP contribution in [0.15, 0.2) is 0 Å². The molecule has 0 aromatic carbocycles. The standard InChI is InChI=1S/C20H37N/c1-20(14-8-3-9-15-20)16-21-19-13-7-6-12-18(19)17-10-4-2-5-11-17/h17-19,21H,2-16H2,1H3. The van der Waals surface area contributed by atoms with Crippen LogP contribution in [0.25, 0.3) is 0 Å². The molecule has 1 heteroatoms. The van der Waals surface area contributed by atoms with E-state index in [4.69, 9.17) is 0 Å². The molecule has 3 saturated carbocycles. The summed E-state index contributed by atoms with van der Waals surface area (Å²) in [4.78, 5) is 0. The van der Waals surface area contributed by atoms with Crippen molar-refractivity contribution in [3.8, 4) is 0 Å². The fourth-order valence-electron chi connectivity index (χ4n) is 5.50. The van der Waals surface area contributed by atoms with Gasteiger partial charge in [-0.05, 0) is 42.9 Å². The van der Waals surface area contributed by atoms with Crippen LogP contribution in [0, 0.1) is 17.3 Å². The van der Waals surface area contributed by atoms with E-state index in [1.54, 1.807) is 0 Å². The zero-order valence-electron chi connectivity index (χ0n) is 14.3. The van der Waals surface area contributed by atoms with Gasteiger partial charge in [0.25, 0.3) is 0 Å². The number of hydrogen-bond acceptors (Lipinski definition) is 1. The molecule has 0 bridgehead atoms. The van der Waals surface area contributed by atoms with Gasteiger partial charge in [-0.2, -0.15) is 0 Å². The van der Waals surface area contributed by atoms with E-state index in [1.807, 2.05) is 0 Å². The van der Waals surface area contributed by atoms with Crippen molar-refractivity contribution in [1.29, 1.82) is 0 Å². The van der Waals surface area contributed by atoms with Crippen LogP contribution in [0.3, 0.4) is 0 Å². The van der Waals surface area contributed by atoms with Crippen LogP contribution < -0.4 is 5.32 Å². The van der Waals surface area contributed by atoms with Crippen LogP contribution in [0.2, 0.25) is 0 Å². The molecular formula is C20H37N. The van der Waals surface area contributed by atoms with Crippen molar-refractivity contribution < 1.29 is 0 Å². The Labute approximate surface area is 132 Å². The molecule has 0 heterocycles. The lowest BCUT2D eigenvalue weighted by Crippen LogP contribution is -2.46. The molecule has 0 aromatic heterocycles. The van der Waals surface area contributed by atoms with Crippen LogP contribution in [0.4, 0.5) is 0 Å². The van der Waals surface area contributed by atoms with Gasteiger partial charge in [0, 0.05) is 12.6 Å².